The van der Waals surface area contributed by atoms with Crippen molar-refractivity contribution in [1.29, 1.82) is 0 Å². The fourth-order valence-corrected chi connectivity index (χ4v) is 0.194. The molecule has 0 aliphatic carbocycles. The molecule has 0 heterocycles. The predicted molar refractivity (Wildman–Crippen MR) is 30.3 cm³/mol. The molecule has 0 rings (SSSR count). The van der Waals surface area contributed by atoms with Crippen LogP contribution in [-0.2, 0) is 12.6 Å². The Morgan fingerprint density at radius 1 is 1.43 bits per heavy atom. The Labute approximate surface area is 78.9 Å². The smallest absolute Gasteiger partial charge is 0.0412 e. The Morgan fingerprint density at radius 3 is 1.86 bits per heavy atom. The molecule has 1 nitrogen and oxygen atoms in total. The van der Waals surface area contributed by atoms with Crippen LogP contribution in [0.25, 0.3) is 0 Å². The van der Waals surface area contributed by atoms with Crippen molar-refractivity contribution in [2.24, 2.45) is 0 Å². The maximum absolute atomic E-state index is 8.00. The largest absolute Gasteiger partial charge is 0.793 e. The van der Waals surface area contributed by atoms with Gasteiger partial charge in [-0.2, -0.15) is 5.75 Å². The van der Waals surface area contributed by atoms with Crippen LogP contribution in [0.1, 0.15) is 6.42 Å². The Kier molecular flexibility index (Phi) is 35.3. The second-order valence-corrected chi connectivity index (χ2v) is 1.19. The van der Waals surface area contributed by atoms with Gasteiger partial charge in [0.25, 0.3) is 0 Å². The van der Waals surface area contributed by atoms with Gasteiger partial charge in [0.15, 0.2) is 0 Å². The first-order chi connectivity index (χ1) is 2.41. The molecule has 43 valence electrons. The van der Waals surface area contributed by atoms with Gasteiger partial charge >= 0.3 is 0 Å². The second kappa shape index (κ2) is 15.6. The van der Waals surface area contributed by atoms with Crippen LogP contribution < -0.4 is 0 Å². The summed E-state index contributed by atoms with van der Waals surface area (Å²) in [4.78, 5) is 0. The van der Waals surface area contributed by atoms with E-state index in [4.69, 9.17) is 5.11 Å². The van der Waals surface area contributed by atoms with Crippen molar-refractivity contribution in [2.75, 3.05) is 12.4 Å². The van der Waals surface area contributed by atoms with Gasteiger partial charge in [0.1, 0.15) is 0 Å². The van der Waals surface area contributed by atoms with E-state index in [1.807, 2.05) is 0 Å². The summed E-state index contributed by atoms with van der Waals surface area (Å²) in [6, 6.07) is 0. The van der Waals surface area contributed by atoms with Gasteiger partial charge in [-0.1, -0.05) is 6.42 Å². The summed E-state index contributed by atoms with van der Waals surface area (Å²) in [5.41, 5.74) is 0. The van der Waals surface area contributed by atoms with Gasteiger partial charge in [0.2, 0.25) is 0 Å². The molecular weight excluding hydrogens is 235 g/mol. The molecule has 0 atom stereocenters. The average Bonchev–Trinajstić information content (AvgIpc) is 1.41. The second-order valence-electron chi connectivity index (χ2n) is 0.781. The monoisotopic (exact) mass is 245 g/mol. The molecule has 0 aliphatic rings. The number of rotatable bonds is 2. The zero-order valence-electron chi connectivity index (χ0n) is 4.55. The van der Waals surface area contributed by atoms with E-state index in [0.717, 1.165) is 6.42 Å². The number of aliphatic hydroxyl groups excluding tert-OH is 1. The van der Waals surface area contributed by atoms with Crippen molar-refractivity contribution >= 4 is 12.6 Å². The molecule has 0 saturated heterocycles. The molecule has 0 fully saturated rings. The fourth-order valence-electron chi connectivity index (χ4n) is 0.0645. The standard InChI is InChI=1S/C3H8OS.CH3.La/c4-2-1-3-5;;/h4-5H,1-3H2;1H3;/q;-1;/p-1. The average molecular weight is 245 g/mol. The molecule has 0 aromatic rings. The van der Waals surface area contributed by atoms with Crippen molar-refractivity contribution in [3.63, 3.8) is 0 Å². The minimum atomic E-state index is 0. The molecular formula is C4H10LaOS-2. The van der Waals surface area contributed by atoms with Gasteiger partial charge in [-0.3, -0.25) is 0 Å². The predicted octanol–water partition coefficient (Wildman–Crippen LogP) is 0.366. The summed E-state index contributed by atoms with van der Waals surface area (Å²) in [6.45, 7) is 0.240. The molecule has 0 spiro atoms. The van der Waals surface area contributed by atoms with Crippen LogP contribution in [0.2, 0.25) is 0 Å². The molecule has 7 heavy (non-hydrogen) atoms. The summed E-state index contributed by atoms with van der Waals surface area (Å²) in [5.74, 6) is 0.677. The summed E-state index contributed by atoms with van der Waals surface area (Å²) in [5, 5.41) is 8.00. The van der Waals surface area contributed by atoms with E-state index in [-0.39, 0.29) is 49.6 Å². The van der Waals surface area contributed by atoms with Crippen LogP contribution in [0.5, 0.6) is 0 Å². The van der Waals surface area contributed by atoms with Gasteiger partial charge in [-0.25, -0.2) is 0 Å². The third-order valence-corrected chi connectivity index (χ3v) is 0.591. The Hall–Kier alpha value is 1.50. The SMILES string of the molecule is OCCC[S-].[CH3-].[La]. The maximum atomic E-state index is 8.00. The molecule has 3 heteroatoms. The van der Waals surface area contributed by atoms with Crippen molar-refractivity contribution < 1.29 is 40.7 Å². The minimum Gasteiger partial charge on any atom is -0.793 e. The molecule has 0 amide bonds. The van der Waals surface area contributed by atoms with E-state index in [0.29, 0.717) is 5.75 Å². The van der Waals surface area contributed by atoms with Gasteiger partial charge in [-0.15, -0.1) is 0 Å². The fraction of sp³-hybridized carbons (Fsp3) is 0.750. The number of aliphatic hydroxyl groups is 1. The van der Waals surface area contributed by atoms with Crippen molar-refractivity contribution in [2.45, 2.75) is 6.42 Å². The molecule has 1 N–H and O–H groups in total. The van der Waals surface area contributed by atoms with Crippen LogP contribution in [-0.4, -0.2) is 17.5 Å². The normalized spacial score (nSPS) is 6.00. The molecule has 0 aliphatic heterocycles. The van der Waals surface area contributed by atoms with Gasteiger partial charge in [0.05, 0.1) is 0 Å². The molecule has 0 bridgehead atoms. The summed E-state index contributed by atoms with van der Waals surface area (Å²) < 4.78 is 0. The zero-order chi connectivity index (χ0) is 4.12. The summed E-state index contributed by atoms with van der Waals surface area (Å²) >= 11 is 4.49. The van der Waals surface area contributed by atoms with E-state index >= 15 is 0 Å². The molecule has 0 unspecified atom stereocenters. The van der Waals surface area contributed by atoms with E-state index in [9.17, 15) is 0 Å². The first-order valence-corrected chi connectivity index (χ1v) is 2.18. The van der Waals surface area contributed by atoms with Crippen LogP contribution in [0.4, 0.5) is 0 Å². The van der Waals surface area contributed by atoms with Crippen LogP contribution >= 0.6 is 0 Å². The van der Waals surface area contributed by atoms with Crippen molar-refractivity contribution in [3.05, 3.63) is 7.43 Å². The molecule has 1 radical (unpaired) electrons. The Morgan fingerprint density at radius 2 is 1.86 bits per heavy atom. The number of hydrogen-bond acceptors (Lipinski definition) is 2. The van der Waals surface area contributed by atoms with Crippen LogP contribution in [0.3, 0.4) is 0 Å². The van der Waals surface area contributed by atoms with Gasteiger partial charge < -0.3 is 25.2 Å². The Bertz CT molecular complexity index is 19.2. The third kappa shape index (κ3) is 18.5. The van der Waals surface area contributed by atoms with E-state index < -0.39 is 0 Å². The van der Waals surface area contributed by atoms with Crippen LogP contribution in [0.15, 0.2) is 0 Å². The van der Waals surface area contributed by atoms with Gasteiger partial charge in [-0.05, 0) is 0 Å². The first-order valence-electron chi connectivity index (χ1n) is 1.60. The van der Waals surface area contributed by atoms with Gasteiger partial charge in [0, 0.05) is 42.2 Å². The Balaban J connectivity index is -0.0000000800. The number of hydrogen-bond donors (Lipinski definition) is 1. The van der Waals surface area contributed by atoms with E-state index in [1.54, 1.807) is 0 Å². The summed E-state index contributed by atoms with van der Waals surface area (Å²) in [6.07, 6.45) is 0.759. The van der Waals surface area contributed by atoms with Crippen LogP contribution in [0, 0.1) is 43.0 Å². The van der Waals surface area contributed by atoms with Crippen molar-refractivity contribution in [1.82, 2.24) is 0 Å². The third-order valence-electron chi connectivity index (χ3n) is 0.302. The molecule has 0 aromatic heterocycles. The molecule has 0 aromatic carbocycles. The zero-order valence-corrected chi connectivity index (χ0v) is 9.00. The maximum Gasteiger partial charge on any atom is 0.0412 e. The van der Waals surface area contributed by atoms with E-state index in [1.165, 1.54) is 0 Å². The van der Waals surface area contributed by atoms with Crippen molar-refractivity contribution in [3.8, 4) is 0 Å². The van der Waals surface area contributed by atoms with E-state index in [2.05, 4.69) is 12.6 Å². The topological polar surface area (TPSA) is 20.2 Å². The first kappa shape index (κ1) is 15.8. The molecule has 0 saturated carbocycles. The quantitative estimate of drug-likeness (QED) is 0.560. The summed E-state index contributed by atoms with van der Waals surface area (Å²) in [7, 11) is 0. The minimum absolute atomic E-state index is 0.